The van der Waals surface area contributed by atoms with E-state index in [9.17, 15) is 14.4 Å². The van der Waals surface area contributed by atoms with Gasteiger partial charge < -0.3 is 5.73 Å². The number of nitrogen functional groups attached to an aromatic ring is 1. The Kier molecular flexibility index (Phi) is 3.14. The fourth-order valence-corrected chi connectivity index (χ4v) is 2.83. The molecule has 0 bridgehead atoms. The highest BCUT2D eigenvalue weighted by Gasteiger charge is 2.32. The van der Waals surface area contributed by atoms with Gasteiger partial charge in [0.15, 0.2) is 0 Å². The Balaban J connectivity index is 2.37. The average molecular weight is 311 g/mol. The molecule has 0 atom stereocenters. The maximum absolute atomic E-state index is 12.5. The molecule has 3 N–H and O–H groups in total. The number of nitrogens with one attached hydrogen (secondary N) is 1. The summed E-state index contributed by atoms with van der Waals surface area (Å²) >= 11 is 0. The lowest BCUT2D eigenvalue weighted by atomic mass is 9.85. The topological polar surface area (TPSA) is 94.2 Å². The molecule has 0 saturated heterocycles. The first-order valence-electron chi connectivity index (χ1n) is 7.23. The molecular formula is C17H17N3O3. The molecule has 2 heterocycles. The van der Waals surface area contributed by atoms with E-state index in [1.807, 2.05) is 32.9 Å². The number of hydrogen-bond donors (Lipinski definition) is 2. The molecule has 1 aliphatic rings. The van der Waals surface area contributed by atoms with E-state index in [4.69, 9.17) is 5.73 Å². The number of benzene rings is 1. The Morgan fingerprint density at radius 3 is 2.35 bits per heavy atom. The zero-order valence-electron chi connectivity index (χ0n) is 13.1. The summed E-state index contributed by atoms with van der Waals surface area (Å²) < 4.78 is 1.29. The van der Waals surface area contributed by atoms with E-state index in [2.05, 4.69) is 5.32 Å². The second-order valence-electron chi connectivity index (χ2n) is 6.54. The summed E-state index contributed by atoms with van der Waals surface area (Å²) in [6, 6.07) is 8.54. The molecule has 1 aromatic heterocycles. The maximum Gasteiger partial charge on any atom is 0.262 e. The minimum Gasteiger partial charge on any atom is -0.384 e. The van der Waals surface area contributed by atoms with Crippen molar-refractivity contribution in [2.45, 2.75) is 26.2 Å². The van der Waals surface area contributed by atoms with Crippen molar-refractivity contribution in [1.29, 1.82) is 0 Å². The van der Waals surface area contributed by atoms with E-state index in [0.29, 0.717) is 5.69 Å². The van der Waals surface area contributed by atoms with Crippen molar-refractivity contribution in [3.05, 3.63) is 57.4 Å². The summed E-state index contributed by atoms with van der Waals surface area (Å²) in [6.45, 7) is 6.07. The number of pyridine rings is 1. The van der Waals surface area contributed by atoms with E-state index in [-0.39, 0.29) is 22.4 Å². The van der Waals surface area contributed by atoms with Gasteiger partial charge in [0.25, 0.3) is 17.4 Å². The van der Waals surface area contributed by atoms with E-state index in [1.54, 1.807) is 12.1 Å². The number of carbonyl (C=O) groups is 2. The fourth-order valence-electron chi connectivity index (χ4n) is 2.83. The number of para-hydroxylation sites is 1. The summed E-state index contributed by atoms with van der Waals surface area (Å²) in [5, 5.41) is 2.16. The van der Waals surface area contributed by atoms with Crippen LogP contribution in [0.15, 0.2) is 35.1 Å². The van der Waals surface area contributed by atoms with Crippen LogP contribution >= 0.6 is 0 Å². The standard InChI is InChI=1S/C17H17N3O3/c1-17(2,3)10-6-4-5-7-11(10)20-12(21)8-9-13(14(20)18)16(23)19-15(9)22/h4-8H,18H2,1-3H3,(H,19,22,23). The summed E-state index contributed by atoms with van der Waals surface area (Å²) in [4.78, 5) is 36.2. The molecule has 23 heavy (non-hydrogen) atoms. The summed E-state index contributed by atoms with van der Waals surface area (Å²) in [5.74, 6) is -1.19. The van der Waals surface area contributed by atoms with Crippen LogP contribution in [0.1, 0.15) is 47.1 Å². The molecule has 3 rings (SSSR count). The van der Waals surface area contributed by atoms with E-state index in [0.717, 1.165) is 11.6 Å². The Bertz CT molecular complexity index is 904. The van der Waals surface area contributed by atoms with Crippen molar-refractivity contribution >= 4 is 17.6 Å². The molecule has 0 saturated carbocycles. The van der Waals surface area contributed by atoms with Crippen molar-refractivity contribution in [3.63, 3.8) is 0 Å². The Morgan fingerprint density at radius 1 is 1.04 bits per heavy atom. The maximum atomic E-state index is 12.5. The third-order valence-corrected chi connectivity index (χ3v) is 3.91. The number of rotatable bonds is 1. The first kappa shape index (κ1) is 15.0. The van der Waals surface area contributed by atoms with Crippen LogP contribution in [-0.4, -0.2) is 16.4 Å². The first-order valence-corrected chi connectivity index (χ1v) is 7.23. The Labute approximate surface area is 132 Å². The molecule has 6 heteroatoms. The predicted molar refractivity (Wildman–Crippen MR) is 86.9 cm³/mol. The van der Waals surface area contributed by atoms with Gasteiger partial charge in [0, 0.05) is 6.07 Å². The van der Waals surface area contributed by atoms with Crippen LogP contribution in [0.5, 0.6) is 0 Å². The van der Waals surface area contributed by atoms with Crippen LogP contribution in [0, 0.1) is 0 Å². The number of nitrogens with zero attached hydrogens (tertiary/aromatic N) is 1. The van der Waals surface area contributed by atoms with Gasteiger partial charge in [-0.3, -0.25) is 24.3 Å². The Hall–Kier alpha value is -2.89. The third-order valence-electron chi connectivity index (χ3n) is 3.91. The zero-order chi connectivity index (χ0) is 16.9. The van der Waals surface area contributed by atoms with Gasteiger partial charge in [-0.2, -0.15) is 0 Å². The molecule has 0 aliphatic carbocycles. The highest BCUT2D eigenvalue weighted by Crippen LogP contribution is 2.30. The van der Waals surface area contributed by atoms with Crippen molar-refractivity contribution in [3.8, 4) is 5.69 Å². The van der Waals surface area contributed by atoms with Crippen molar-refractivity contribution < 1.29 is 9.59 Å². The summed E-state index contributed by atoms with van der Waals surface area (Å²) in [7, 11) is 0. The number of carbonyl (C=O) groups excluding carboxylic acids is 2. The molecular weight excluding hydrogens is 294 g/mol. The van der Waals surface area contributed by atoms with Gasteiger partial charge in [-0.05, 0) is 17.0 Å². The SMILES string of the molecule is CC(C)(C)c1ccccc1-n1c(N)c2c(cc1=O)C(=O)NC2=O. The van der Waals surface area contributed by atoms with E-state index < -0.39 is 17.4 Å². The summed E-state index contributed by atoms with van der Waals surface area (Å²) in [6.07, 6.45) is 0. The van der Waals surface area contributed by atoms with Crippen LogP contribution in [-0.2, 0) is 5.41 Å². The fraction of sp³-hybridized carbons (Fsp3) is 0.235. The van der Waals surface area contributed by atoms with Gasteiger partial charge >= 0.3 is 0 Å². The molecule has 2 aromatic rings. The number of nitrogens with two attached hydrogens (primary N) is 1. The van der Waals surface area contributed by atoms with Gasteiger partial charge in [-0.1, -0.05) is 39.0 Å². The van der Waals surface area contributed by atoms with E-state index >= 15 is 0 Å². The van der Waals surface area contributed by atoms with Crippen molar-refractivity contribution in [1.82, 2.24) is 9.88 Å². The number of anilines is 1. The highest BCUT2D eigenvalue weighted by molar-refractivity contribution is 6.23. The number of fused-ring (bicyclic) bond motifs is 1. The molecule has 0 unspecified atom stereocenters. The molecule has 118 valence electrons. The molecule has 6 nitrogen and oxygen atoms in total. The lowest BCUT2D eigenvalue weighted by Crippen LogP contribution is -2.27. The number of amides is 2. The number of aromatic nitrogens is 1. The second-order valence-corrected chi connectivity index (χ2v) is 6.54. The molecule has 0 radical (unpaired) electrons. The predicted octanol–water partition coefficient (Wildman–Crippen LogP) is 1.60. The molecule has 0 fully saturated rings. The average Bonchev–Trinajstić information content (AvgIpc) is 2.73. The lowest BCUT2D eigenvalue weighted by Gasteiger charge is -2.24. The van der Waals surface area contributed by atoms with Gasteiger partial charge in [0.1, 0.15) is 5.82 Å². The van der Waals surface area contributed by atoms with Crippen molar-refractivity contribution in [2.75, 3.05) is 5.73 Å². The number of imide groups is 1. The molecule has 1 aliphatic heterocycles. The largest absolute Gasteiger partial charge is 0.384 e. The Morgan fingerprint density at radius 2 is 1.70 bits per heavy atom. The van der Waals surface area contributed by atoms with Gasteiger partial charge in [-0.15, -0.1) is 0 Å². The van der Waals surface area contributed by atoms with Gasteiger partial charge in [-0.25, -0.2) is 0 Å². The normalized spacial score (nSPS) is 13.9. The highest BCUT2D eigenvalue weighted by atomic mass is 16.2. The number of hydrogen-bond acceptors (Lipinski definition) is 4. The van der Waals surface area contributed by atoms with Gasteiger partial charge in [0.05, 0.1) is 16.8 Å². The second kappa shape index (κ2) is 4.81. The van der Waals surface area contributed by atoms with Crippen molar-refractivity contribution in [2.24, 2.45) is 0 Å². The van der Waals surface area contributed by atoms with Gasteiger partial charge in [0.2, 0.25) is 0 Å². The molecule has 2 amide bonds. The summed E-state index contributed by atoms with van der Waals surface area (Å²) in [5.41, 5.74) is 7.03. The first-order chi connectivity index (χ1) is 10.7. The monoisotopic (exact) mass is 311 g/mol. The van der Waals surface area contributed by atoms with E-state index in [1.165, 1.54) is 4.57 Å². The quantitative estimate of drug-likeness (QED) is 0.782. The molecule has 0 spiro atoms. The smallest absolute Gasteiger partial charge is 0.262 e. The minimum absolute atomic E-state index is 0.0208. The minimum atomic E-state index is -0.593. The molecule has 1 aromatic carbocycles. The van der Waals surface area contributed by atoms with Crippen LogP contribution in [0.2, 0.25) is 0 Å². The van der Waals surface area contributed by atoms with Crippen LogP contribution in [0.4, 0.5) is 5.82 Å². The zero-order valence-corrected chi connectivity index (χ0v) is 13.1. The lowest BCUT2D eigenvalue weighted by molar-refractivity contribution is 0.0880. The van der Waals surface area contributed by atoms with Crippen LogP contribution in [0.25, 0.3) is 5.69 Å². The van der Waals surface area contributed by atoms with Crippen LogP contribution in [0.3, 0.4) is 0 Å². The van der Waals surface area contributed by atoms with Crippen LogP contribution < -0.4 is 16.6 Å². The third kappa shape index (κ3) is 2.23.